The number of nitro groups is 1. The van der Waals surface area contributed by atoms with E-state index in [0.717, 1.165) is 31.7 Å². The van der Waals surface area contributed by atoms with Gasteiger partial charge in [-0.2, -0.15) is 0 Å². The standard InChI is InChI=1S/C18H21N3O5/c1-25-18(22)14-11-13(21(23)24)6-7-15(14)19-12-16(17-5-4-10-26-17)20-8-2-3-9-20/h4-7,10-11,16,19H,2-3,8-9,12H2,1H3. The van der Waals surface area contributed by atoms with Crippen LogP contribution in [0.2, 0.25) is 0 Å². The van der Waals surface area contributed by atoms with E-state index in [1.807, 2.05) is 12.1 Å². The van der Waals surface area contributed by atoms with Crippen molar-refractivity contribution in [2.75, 3.05) is 32.1 Å². The average molecular weight is 359 g/mol. The van der Waals surface area contributed by atoms with Gasteiger partial charge in [0.1, 0.15) is 5.76 Å². The monoisotopic (exact) mass is 359 g/mol. The Morgan fingerprint density at radius 3 is 2.77 bits per heavy atom. The predicted molar refractivity (Wildman–Crippen MR) is 95.2 cm³/mol. The molecular formula is C18H21N3O5. The maximum Gasteiger partial charge on any atom is 0.340 e. The van der Waals surface area contributed by atoms with Gasteiger partial charge in [-0.25, -0.2) is 4.79 Å². The third-order valence-electron chi connectivity index (χ3n) is 4.56. The van der Waals surface area contributed by atoms with Crippen LogP contribution >= 0.6 is 0 Å². The van der Waals surface area contributed by atoms with Crippen LogP contribution in [0.25, 0.3) is 0 Å². The van der Waals surface area contributed by atoms with E-state index in [9.17, 15) is 14.9 Å². The third-order valence-corrected chi connectivity index (χ3v) is 4.56. The van der Waals surface area contributed by atoms with Gasteiger partial charge < -0.3 is 14.5 Å². The Morgan fingerprint density at radius 1 is 1.38 bits per heavy atom. The van der Waals surface area contributed by atoms with E-state index in [-0.39, 0.29) is 17.3 Å². The van der Waals surface area contributed by atoms with Gasteiger partial charge in [0.15, 0.2) is 0 Å². The minimum atomic E-state index is -0.619. The summed E-state index contributed by atoms with van der Waals surface area (Å²) < 4.78 is 10.3. The fourth-order valence-corrected chi connectivity index (χ4v) is 3.23. The molecule has 1 aliphatic heterocycles. The second kappa shape index (κ2) is 8.01. The number of furan rings is 1. The Balaban J connectivity index is 1.82. The molecule has 0 radical (unpaired) electrons. The van der Waals surface area contributed by atoms with Crippen LogP contribution in [-0.2, 0) is 4.74 Å². The number of benzene rings is 1. The molecule has 2 aromatic rings. The van der Waals surface area contributed by atoms with E-state index in [2.05, 4.69) is 10.2 Å². The topological polar surface area (TPSA) is 97.8 Å². The van der Waals surface area contributed by atoms with Crippen LogP contribution in [0.15, 0.2) is 41.0 Å². The molecule has 2 heterocycles. The van der Waals surface area contributed by atoms with E-state index < -0.39 is 10.9 Å². The van der Waals surface area contributed by atoms with Gasteiger partial charge in [-0.3, -0.25) is 15.0 Å². The Labute approximate surface area is 150 Å². The van der Waals surface area contributed by atoms with Gasteiger partial charge in [-0.05, 0) is 44.1 Å². The molecule has 1 unspecified atom stereocenters. The van der Waals surface area contributed by atoms with E-state index in [1.165, 1.54) is 25.3 Å². The molecule has 0 aliphatic carbocycles. The molecule has 8 heteroatoms. The molecular weight excluding hydrogens is 338 g/mol. The number of nitro benzene ring substituents is 1. The molecule has 1 N–H and O–H groups in total. The SMILES string of the molecule is COC(=O)c1cc([N+](=O)[O-])ccc1NCC(c1ccco1)N1CCCC1. The molecule has 8 nitrogen and oxygen atoms in total. The summed E-state index contributed by atoms with van der Waals surface area (Å²) in [4.78, 5) is 24.8. The summed E-state index contributed by atoms with van der Waals surface area (Å²) in [6.07, 6.45) is 3.93. The van der Waals surface area contributed by atoms with Crippen molar-refractivity contribution in [3.05, 3.63) is 58.0 Å². The number of hydrogen-bond acceptors (Lipinski definition) is 7. The molecule has 26 heavy (non-hydrogen) atoms. The fraction of sp³-hybridized carbons (Fsp3) is 0.389. The van der Waals surface area contributed by atoms with Crippen molar-refractivity contribution in [2.24, 2.45) is 0 Å². The highest BCUT2D eigenvalue weighted by molar-refractivity contribution is 5.96. The first kappa shape index (κ1) is 17.9. The van der Waals surface area contributed by atoms with Gasteiger partial charge >= 0.3 is 5.97 Å². The first-order chi connectivity index (χ1) is 12.6. The average Bonchev–Trinajstić information content (AvgIpc) is 3.35. The van der Waals surface area contributed by atoms with Gasteiger partial charge in [0, 0.05) is 24.4 Å². The Hall–Kier alpha value is -2.87. The number of anilines is 1. The minimum absolute atomic E-state index is 0.0215. The molecule has 0 saturated carbocycles. The number of methoxy groups -OCH3 is 1. The lowest BCUT2D eigenvalue weighted by molar-refractivity contribution is -0.384. The summed E-state index contributed by atoms with van der Waals surface area (Å²) in [5.74, 6) is 0.229. The number of carbonyl (C=O) groups is 1. The van der Waals surface area contributed by atoms with Crippen molar-refractivity contribution in [3.8, 4) is 0 Å². The Bertz CT molecular complexity index is 769. The molecule has 1 aromatic carbocycles. The van der Waals surface area contributed by atoms with Crippen molar-refractivity contribution in [1.29, 1.82) is 0 Å². The fourth-order valence-electron chi connectivity index (χ4n) is 3.23. The van der Waals surface area contributed by atoms with E-state index >= 15 is 0 Å². The molecule has 138 valence electrons. The van der Waals surface area contributed by atoms with Crippen molar-refractivity contribution in [2.45, 2.75) is 18.9 Å². The summed E-state index contributed by atoms with van der Waals surface area (Å²) in [5.41, 5.74) is 0.484. The lowest BCUT2D eigenvalue weighted by atomic mass is 10.1. The largest absolute Gasteiger partial charge is 0.468 e. The molecule has 1 fully saturated rings. The molecule has 1 atom stereocenters. The Kier molecular flexibility index (Phi) is 5.52. The minimum Gasteiger partial charge on any atom is -0.468 e. The molecule has 1 aromatic heterocycles. The molecule has 1 aliphatic rings. The smallest absolute Gasteiger partial charge is 0.340 e. The summed E-state index contributed by atoms with van der Waals surface area (Å²) in [6.45, 7) is 2.48. The molecule has 3 rings (SSSR count). The van der Waals surface area contributed by atoms with Gasteiger partial charge in [0.05, 0.1) is 29.9 Å². The van der Waals surface area contributed by atoms with Crippen LogP contribution in [0.4, 0.5) is 11.4 Å². The highest BCUT2D eigenvalue weighted by atomic mass is 16.6. The van der Waals surface area contributed by atoms with Gasteiger partial charge in [-0.15, -0.1) is 0 Å². The number of non-ortho nitro benzene ring substituents is 1. The lowest BCUT2D eigenvalue weighted by Gasteiger charge is -2.26. The number of nitrogens with one attached hydrogen (secondary N) is 1. The summed E-state index contributed by atoms with van der Waals surface area (Å²) in [7, 11) is 1.25. The second-order valence-electron chi connectivity index (χ2n) is 6.13. The molecule has 0 spiro atoms. The first-order valence-electron chi connectivity index (χ1n) is 8.48. The van der Waals surface area contributed by atoms with Gasteiger partial charge in [-0.1, -0.05) is 0 Å². The maximum absolute atomic E-state index is 12.0. The normalized spacial score (nSPS) is 15.6. The summed E-state index contributed by atoms with van der Waals surface area (Å²) in [6, 6.07) is 7.94. The van der Waals surface area contributed by atoms with Gasteiger partial charge in [0.2, 0.25) is 0 Å². The van der Waals surface area contributed by atoms with E-state index in [4.69, 9.17) is 9.15 Å². The zero-order chi connectivity index (χ0) is 18.5. The van der Waals surface area contributed by atoms with Gasteiger partial charge in [0.25, 0.3) is 5.69 Å². The van der Waals surface area contributed by atoms with Crippen molar-refractivity contribution in [1.82, 2.24) is 4.90 Å². The quantitative estimate of drug-likeness (QED) is 0.460. The second-order valence-corrected chi connectivity index (χ2v) is 6.13. The zero-order valence-electron chi connectivity index (χ0n) is 14.5. The number of likely N-dealkylation sites (tertiary alicyclic amines) is 1. The van der Waals surface area contributed by atoms with Crippen LogP contribution < -0.4 is 5.32 Å². The van der Waals surface area contributed by atoms with Crippen LogP contribution in [-0.4, -0.2) is 42.5 Å². The lowest BCUT2D eigenvalue weighted by Crippen LogP contribution is -2.31. The Morgan fingerprint density at radius 2 is 2.15 bits per heavy atom. The summed E-state index contributed by atoms with van der Waals surface area (Å²) >= 11 is 0. The maximum atomic E-state index is 12.0. The third kappa shape index (κ3) is 3.85. The zero-order valence-corrected chi connectivity index (χ0v) is 14.5. The first-order valence-corrected chi connectivity index (χ1v) is 8.48. The van der Waals surface area contributed by atoms with Crippen molar-refractivity contribution in [3.63, 3.8) is 0 Å². The predicted octanol–water partition coefficient (Wildman–Crippen LogP) is 3.22. The van der Waals surface area contributed by atoms with E-state index in [1.54, 1.807) is 6.26 Å². The van der Waals surface area contributed by atoms with Crippen molar-refractivity contribution < 1.29 is 18.9 Å². The van der Waals surface area contributed by atoms with Crippen LogP contribution in [0.3, 0.4) is 0 Å². The number of hydrogen-bond donors (Lipinski definition) is 1. The highest BCUT2D eigenvalue weighted by Crippen LogP contribution is 2.28. The number of nitrogens with zero attached hydrogens (tertiary/aromatic N) is 2. The highest BCUT2D eigenvalue weighted by Gasteiger charge is 2.26. The number of carbonyl (C=O) groups excluding carboxylic acids is 1. The number of esters is 1. The van der Waals surface area contributed by atoms with E-state index in [0.29, 0.717) is 12.2 Å². The molecule has 0 bridgehead atoms. The summed E-state index contributed by atoms with van der Waals surface area (Å²) in [5, 5.41) is 14.2. The molecule has 0 amide bonds. The van der Waals surface area contributed by atoms with Crippen LogP contribution in [0.5, 0.6) is 0 Å². The van der Waals surface area contributed by atoms with Crippen LogP contribution in [0, 0.1) is 10.1 Å². The van der Waals surface area contributed by atoms with Crippen molar-refractivity contribution >= 4 is 17.3 Å². The molecule has 1 saturated heterocycles. The number of ether oxygens (including phenoxy) is 1. The van der Waals surface area contributed by atoms with Crippen LogP contribution in [0.1, 0.15) is 35.0 Å². The number of rotatable bonds is 7.